The zero-order chi connectivity index (χ0) is 19.2. The molecule has 0 bridgehead atoms. The van der Waals surface area contributed by atoms with Crippen LogP contribution in [0.15, 0.2) is 84.9 Å². The summed E-state index contributed by atoms with van der Waals surface area (Å²) in [4.78, 5) is 4.82. The first-order chi connectivity index (χ1) is 13.9. The number of nitriles is 1. The molecule has 4 rings (SSSR count). The lowest BCUT2D eigenvalue weighted by atomic mass is 10.0. The SMILES string of the molecule is N#CCOc1ccccc1-c1nnc(-c2ccccc2)c(-c2ccccc2)n1. The minimum absolute atomic E-state index is 0.0436. The van der Waals surface area contributed by atoms with Gasteiger partial charge in [-0.2, -0.15) is 5.26 Å². The van der Waals surface area contributed by atoms with Gasteiger partial charge >= 0.3 is 0 Å². The number of hydrogen-bond donors (Lipinski definition) is 0. The Balaban J connectivity index is 1.88. The van der Waals surface area contributed by atoms with E-state index in [1.54, 1.807) is 6.07 Å². The Labute approximate surface area is 162 Å². The highest BCUT2D eigenvalue weighted by Crippen LogP contribution is 2.32. The van der Waals surface area contributed by atoms with E-state index >= 15 is 0 Å². The molecule has 0 aliphatic rings. The number of para-hydroxylation sites is 1. The van der Waals surface area contributed by atoms with Gasteiger partial charge in [-0.25, -0.2) is 4.98 Å². The van der Waals surface area contributed by atoms with Crippen molar-refractivity contribution in [1.29, 1.82) is 5.26 Å². The fraction of sp³-hybridized carbons (Fsp3) is 0.0435. The fourth-order valence-electron chi connectivity index (χ4n) is 2.92. The van der Waals surface area contributed by atoms with Crippen molar-refractivity contribution < 1.29 is 4.74 Å². The van der Waals surface area contributed by atoms with E-state index in [9.17, 15) is 0 Å². The second-order valence-corrected chi connectivity index (χ2v) is 6.01. The monoisotopic (exact) mass is 364 g/mol. The van der Waals surface area contributed by atoms with Crippen LogP contribution >= 0.6 is 0 Å². The molecule has 0 unspecified atom stereocenters. The summed E-state index contributed by atoms with van der Waals surface area (Å²) in [6, 6.07) is 29.1. The molecule has 0 saturated carbocycles. The van der Waals surface area contributed by atoms with Crippen molar-refractivity contribution in [3.63, 3.8) is 0 Å². The number of hydrogen-bond acceptors (Lipinski definition) is 5. The zero-order valence-electron chi connectivity index (χ0n) is 15.0. The molecule has 4 aromatic rings. The summed E-state index contributed by atoms with van der Waals surface area (Å²) in [6.07, 6.45) is 0. The largest absolute Gasteiger partial charge is 0.478 e. The van der Waals surface area contributed by atoms with E-state index < -0.39 is 0 Å². The van der Waals surface area contributed by atoms with E-state index in [1.165, 1.54) is 0 Å². The van der Waals surface area contributed by atoms with Gasteiger partial charge in [0.25, 0.3) is 0 Å². The average molecular weight is 364 g/mol. The van der Waals surface area contributed by atoms with E-state index in [2.05, 4.69) is 10.2 Å². The maximum absolute atomic E-state index is 8.83. The lowest BCUT2D eigenvalue weighted by Crippen LogP contribution is -2.02. The van der Waals surface area contributed by atoms with Crippen LogP contribution in [-0.2, 0) is 0 Å². The van der Waals surface area contributed by atoms with Crippen molar-refractivity contribution >= 4 is 0 Å². The molecule has 1 heterocycles. The summed E-state index contributed by atoms with van der Waals surface area (Å²) in [7, 11) is 0. The Bertz CT molecular complexity index is 1120. The molecule has 0 atom stereocenters. The van der Waals surface area contributed by atoms with E-state index in [1.807, 2.05) is 84.9 Å². The third kappa shape index (κ3) is 3.57. The summed E-state index contributed by atoms with van der Waals surface area (Å²) >= 11 is 0. The van der Waals surface area contributed by atoms with Gasteiger partial charge < -0.3 is 4.74 Å². The highest BCUT2D eigenvalue weighted by Gasteiger charge is 2.16. The Morgan fingerprint density at radius 1 is 0.714 bits per heavy atom. The molecule has 5 heteroatoms. The molecule has 0 saturated heterocycles. The zero-order valence-corrected chi connectivity index (χ0v) is 15.0. The van der Waals surface area contributed by atoms with Gasteiger partial charge in [0.15, 0.2) is 12.4 Å². The van der Waals surface area contributed by atoms with Crippen molar-refractivity contribution in [3.8, 4) is 45.7 Å². The molecule has 0 N–H and O–H groups in total. The van der Waals surface area contributed by atoms with E-state index in [-0.39, 0.29) is 6.61 Å². The smallest absolute Gasteiger partial charge is 0.186 e. The highest BCUT2D eigenvalue weighted by atomic mass is 16.5. The summed E-state index contributed by atoms with van der Waals surface area (Å²) in [5, 5.41) is 17.7. The van der Waals surface area contributed by atoms with E-state index in [4.69, 9.17) is 15.0 Å². The molecular weight excluding hydrogens is 348 g/mol. The lowest BCUT2D eigenvalue weighted by molar-refractivity contribution is 0.369. The van der Waals surface area contributed by atoms with Crippen molar-refractivity contribution in [1.82, 2.24) is 15.2 Å². The Kier molecular flexibility index (Phi) is 5.03. The number of ether oxygens (including phenoxy) is 1. The van der Waals surface area contributed by atoms with Crippen LogP contribution in [0.25, 0.3) is 33.9 Å². The van der Waals surface area contributed by atoms with Crippen LogP contribution in [0.2, 0.25) is 0 Å². The van der Waals surface area contributed by atoms with Gasteiger partial charge in [-0.1, -0.05) is 72.8 Å². The molecule has 0 aliphatic heterocycles. The number of aromatic nitrogens is 3. The average Bonchev–Trinajstić information content (AvgIpc) is 2.79. The molecule has 28 heavy (non-hydrogen) atoms. The Hall–Kier alpha value is -4.04. The topological polar surface area (TPSA) is 71.7 Å². The number of rotatable bonds is 5. The third-order valence-corrected chi connectivity index (χ3v) is 4.20. The van der Waals surface area contributed by atoms with Gasteiger partial charge in [-0.3, -0.25) is 0 Å². The summed E-state index contributed by atoms with van der Waals surface area (Å²) in [5.74, 6) is 1.00. The number of benzene rings is 3. The van der Waals surface area contributed by atoms with Crippen LogP contribution < -0.4 is 4.74 Å². The first kappa shape index (κ1) is 17.4. The maximum atomic E-state index is 8.83. The fourth-order valence-corrected chi connectivity index (χ4v) is 2.92. The molecule has 5 nitrogen and oxygen atoms in total. The molecule has 0 aliphatic carbocycles. The molecular formula is C23H16N4O. The molecule has 134 valence electrons. The van der Waals surface area contributed by atoms with Crippen molar-refractivity contribution in [2.24, 2.45) is 0 Å². The van der Waals surface area contributed by atoms with Crippen LogP contribution in [-0.4, -0.2) is 21.8 Å². The van der Waals surface area contributed by atoms with Crippen molar-refractivity contribution in [2.75, 3.05) is 6.61 Å². The summed E-state index contributed by atoms with van der Waals surface area (Å²) < 4.78 is 5.53. The normalized spacial score (nSPS) is 10.2. The second-order valence-electron chi connectivity index (χ2n) is 6.01. The molecule has 1 aromatic heterocycles. The van der Waals surface area contributed by atoms with Crippen LogP contribution in [0.5, 0.6) is 5.75 Å². The predicted octanol–water partition coefficient (Wildman–Crippen LogP) is 4.77. The van der Waals surface area contributed by atoms with Crippen molar-refractivity contribution in [2.45, 2.75) is 0 Å². The summed E-state index contributed by atoms with van der Waals surface area (Å²) in [5.41, 5.74) is 4.05. The number of nitrogens with zero attached hydrogens (tertiary/aromatic N) is 4. The van der Waals surface area contributed by atoms with Crippen LogP contribution in [0.1, 0.15) is 0 Å². The minimum atomic E-state index is -0.0436. The standard InChI is InChI=1S/C23H16N4O/c24-15-16-28-20-14-8-7-13-19(20)23-25-21(17-9-3-1-4-10-17)22(26-27-23)18-11-5-2-6-12-18/h1-14H,16H2. The highest BCUT2D eigenvalue weighted by molar-refractivity contribution is 5.79. The van der Waals surface area contributed by atoms with Crippen LogP contribution in [0, 0.1) is 11.3 Å². The van der Waals surface area contributed by atoms with Gasteiger partial charge in [-0.15, -0.1) is 10.2 Å². The first-order valence-corrected chi connectivity index (χ1v) is 8.81. The van der Waals surface area contributed by atoms with Crippen molar-refractivity contribution in [3.05, 3.63) is 84.9 Å². The lowest BCUT2D eigenvalue weighted by Gasteiger charge is -2.12. The molecule has 0 radical (unpaired) electrons. The summed E-state index contributed by atoms with van der Waals surface area (Å²) in [6.45, 7) is -0.0436. The quantitative estimate of drug-likeness (QED) is 0.510. The predicted molar refractivity (Wildman–Crippen MR) is 107 cm³/mol. The second kappa shape index (κ2) is 8.11. The third-order valence-electron chi connectivity index (χ3n) is 4.20. The Morgan fingerprint density at radius 3 is 2.00 bits per heavy atom. The van der Waals surface area contributed by atoms with Gasteiger partial charge in [0.2, 0.25) is 0 Å². The van der Waals surface area contributed by atoms with Crippen LogP contribution in [0.4, 0.5) is 0 Å². The molecule has 0 fully saturated rings. The molecule has 0 amide bonds. The Morgan fingerprint density at radius 2 is 1.32 bits per heavy atom. The molecule has 0 spiro atoms. The van der Waals surface area contributed by atoms with Gasteiger partial charge in [0, 0.05) is 11.1 Å². The van der Waals surface area contributed by atoms with Gasteiger partial charge in [-0.05, 0) is 12.1 Å². The van der Waals surface area contributed by atoms with Gasteiger partial charge in [0.05, 0.1) is 5.56 Å². The maximum Gasteiger partial charge on any atom is 0.186 e. The molecule has 3 aromatic carbocycles. The van der Waals surface area contributed by atoms with Crippen LogP contribution in [0.3, 0.4) is 0 Å². The first-order valence-electron chi connectivity index (χ1n) is 8.81. The minimum Gasteiger partial charge on any atom is -0.478 e. The van der Waals surface area contributed by atoms with E-state index in [0.717, 1.165) is 16.8 Å². The van der Waals surface area contributed by atoms with E-state index in [0.29, 0.717) is 22.8 Å². The van der Waals surface area contributed by atoms with Gasteiger partial charge in [0.1, 0.15) is 23.2 Å².